The fourth-order valence-corrected chi connectivity index (χ4v) is 1.99. The maximum atomic E-state index is 11.5. The number of nitrogens with one attached hydrogen (secondary N) is 1. The lowest BCUT2D eigenvalue weighted by molar-refractivity contribution is 0.253. The van der Waals surface area contributed by atoms with Crippen LogP contribution in [-0.4, -0.2) is 28.5 Å². The predicted octanol–water partition coefficient (Wildman–Crippen LogP) is 0.110. The van der Waals surface area contributed by atoms with E-state index >= 15 is 0 Å². The first kappa shape index (κ1) is 12.3. The molecule has 3 N–H and O–H groups in total. The molecule has 1 aromatic carbocycles. The Morgan fingerprint density at radius 2 is 1.75 bits per heavy atom. The normalized spacial score (nSPS) is 10.9. The first-order chi connectivity index (χ1) is 7.33. The maximum absolute atomic E-state index is 11.5. The summed E-state index contributed by atoms with van der Waals surface area (Å²) in [6, 6.07) is 4.98. The number of urea groups is 1. The molecule has 7 heteroatoms. The van der Waals surface area contributed by atoms with E-state index in [-0.39, 0.29) is 4.90 Å². The van der Waals surface area contributed by atoms with Crippen LogP contribution in [0.2, 0.25) is 0 Å². The van der Waals surface area contributed by atoms with Crippen LogP contribution in [0.15, 0.2) is 29.2 Å². The van der Waals surface area contributed by atoms with Crippen LogP contribution in [0.5, 0.6) is 0 Å². The molecule has 0 bridgehead atoms. The summed E-state index contributed by atoms with van der Waals surface area (Å²) in [4.78, 5) is 12.3. The molecule has 0 aliphatic heterocycles. The Hall–Kier alpha value is -1.76. The highest BCUT2D eigenvalue weighted by Crippen LogP contribution is 2.15. The number of anilines is 1. The van der Waals surface area contributed by atoms with Gasteiger partial charge in [-0.15, -0.1) is 0 Å². The lowest BCUT2D eigenvalue weighted by Crippen LogP contribution is -2.34. The van der Waals surface area contributed by atoms with E-state index in [1.807, 2.05) is 19.0 Å². The molecule has 0 atom stereocenters. The molecule has 0 radical (unpaired) electrons. The molecule has 0 saturated heterocycles. The highest BCUT2D eigenvalue weighted by atomic mass is 32.2. The van der Waals surface area contributed by atoms with Crippen molar-refractivity contribution in [3.63, 3.8) is 0 Å². The highest BCUT2D eigenvalue weighted by molar-refractivity contribution is 7.90. The Morgan fingerprint density at radius 1 is 1.25 bits per heavy atom. The maximum Gasteiger partial charge on any atom is 0.326 e. The van der Waals surface area contributed by atoms with Crippen molar-refractivity contribution in [2.45, 2.75) is 4.90 Å². The van der Waals surface area contributed by atoms with E-state index in [1.54, 1.807) is 16.9 Å². The van der Waals surface area contributed by atoms with Crippen LogP contribution in [0.1, 0.15) is 0 Å². The predicted molar refractivity (Wildman–Crippen MR) is 60.7 cm³/mol. The first-order valence-electron chi connectivity index (χ1n) is 4.42. The van der Waals surface area contributed by atoms with Crippen LogP contribution < -0.4 is 15.4 Å². The molecule has 2 amide bonds. The molecule has 1 rings (SSSR count). The fourth-order valence-electron chi connectivity index (χ4n) is 1.11. The Labute approximate surface area is 94.1 Å². The summed E-state index contributed by atoms with van der Waals surface area (Å²) >= 11 is 0. The van der Waals surface area contributed by atoms with Crippen molar-refractivity contribution in [1.29, 1.82) is 0 Å². The molecule has 0 aromatic heterocycles. The van der Waals surface area contributed by atoms with Crippen molar-refractivity contribution in [3.8, 4) is 0 Å². The van der Waals surface area contributed by atoms with Gasteiger partial charge in [-0.3, -0.25) is 0 Å². The van der Waals surface area contributed by atoms with Crippen LogP contribution in [0.3, 0.4) is 0 Å². The zero-order chi connectivity index (χ0) is 12.3. The summed E-state index contributed by atoms with van der Waals surface area (Å²) in [6.07, 6.45) is 0. The monoisotopic (exact) mass is 243 g/mol. The van der Waals surface area contributed by atoms with Crippen LogP contribution >= 0.6 is 0 Å². The molecule has 16 heavy (non-hydrogen) atoms. The summed E-state index contributed by atoms with van der Waals surface area (Å²) in [5.74, 6) is 0. The summed E-state index contributed by atoms with van der Waals surface area (Å²) in [5, 5.41) is 0. The van der Waals surface area contributed by atoms with Crippen molar-refractivity contribution in [1.82, 2.24) is 4.72 Å². The van der Waals surface area contributed by atoms with Crippen molar-refractivity contribution >= 4 is 21.7 Å². The molecule has 0 fully saturated rings. The van der Waals surface area contributed by atoms with Crippen LogP contribution in [0.25, 0.3) is 0 Å². The molecule has 88 valence electrons. The molecule has 0 aliphatic carbocycles. The van der Waals surface area contributed by atoms with Gasteiger partial charge in [-0.25, -0.2) is 17.9 Å². The van der Waals surface area contributed by atoms with Crippen molar-refractivity contribution in [2.75, 3.05) is 19.0 Å². The number of sulfonamides is 1. The van der Waals surface area contributed by atoms with Crippen molar-refractivity contribution < 1.29 is 13.2 Å². The fraction of sp³-hybridized carbons (Fsp3) is 0.222. The smallest absolute Gasteiger partial charge is 0.326 e. The Morgan fingerprint density at radius 3 is 2.12 bits per heavy atom. The molecule has 0 aliphatic rings. The number of benzene rings is 1. The minimum Gasteiger partial charge on any atom is -0.378 e. The molecule has 0 heterocycles. The van der Waals surface area contributed by atoms with Gasteiger partial charge in [-0.2, -0.15) is 0 Å². The van der Waals surface area contributed by atoms with E-state index in [1.165, 1.54) is 12.1 Å². The standard InChI is InChI=1S/C9H13N3O3S/c1-12(2)7-3-5-8(6-4-7)16(14,15)11-9(10)13/h3-6H,1-2H3,(H3,10,11,13). The second kappa shape index (κ2) is 4.40. The number of hydrogen-bond donors (Lipinski definition) is 2. The Kier molecular flexibility index (Phi) is 3.38. The molecule has 0 saturated carbocycles. The summed E-state index contributed by atoms with van der Waals surface area (Å²) < 4.78 is 24.7. The van der Waals surface area contributed by atoms with Gasteiger partial charge in [0, 0.05) is 19.8 Å². The number of carbonyl (C=O) groups excluding carboxylic acids is 1. The largest absolute Gasteiger partial charge is 0.378 e. The molecule has 0 unspecified atom stereocenters. The average Bonchev–Trinajstić information content (AvgIpc) is 2.16. The summed E-state index contributed by atoms with van der Waals surface area (Å²) in [5.41, 5.74) is 5.62. The minimum absolute atomic E-state index is 0.00287. The van der Waals surface area contributed by atoms with Crippen molar-refractivity contribution in [2.24, 2.45) is 5.73 Å². The van der Waals surface area contributed by atoms with Gasteiger partial charge in [0.1, 0.15) is 0 Å². The van der Waals surface area contributed by atoms with Gasteiger partial charge < -0.3 is 10.6 Å². The van der Waals surface area contributed by atoms with Crippen LogP contribution in [0.4, 0.5) is 10.5 Å². The van der Waals surface area contributed by atoms with Gasteiger partial charge in [-0.05, 0) is 24.3 Å². The number of primary amides is 1. The van der Waals surface area contributed by atoms with Crippen molar-refractivity contribution in [3.05, 3.63) is 24.3 Å². The number of nitrogens with zero attached hydrogens (tertiary/aromatic N) is 1. The number of rotatable bonds is 3. The Balaban J connectivity index is 3.02. The van der Waals surface area contributed by atoms with Crippen LogP contribution in [0, 0.1) is 0 Å². The number of hydrogen-bond acceptors (Lipinski definition) is 4. The zero-order valence-electron chi connectivity index (χ0n) is 8.97. The second-order valence-corrected chi connectivity index (χ2v) is 5.04. The van der Waals surface area contributed by atoms with E-state index < -0.39 is 16.1 Å². The average molecular weight is 243 g/mol. The third kappa shape index (κ3) is 2.86. The van der Waals surface area contributed by atoms with Gasteiger partial charge >= 0.3 is 6.03 Å². The van der Waals surface area contributed by atoms with E-state index in [9.17, 15) is 13.2 Å². The van der Waals surface area contributed by atoms with Gasteiger partial charge in [0.15, 0.2) is 0 Å². The molecular weight excluding hydrogens is 230 g/mol. The van der Waals surface area contributed by atoms with Gasteiger partial charge in [0.05, 0.1) is 4.90 Å². The van der Waals surface area contributed by atoms with E-state index in [0.29, 0.717) is 0 Å². The van der Waals surface area contributed by atoms with Crippen LogP contribution in [-0.2, 0) is 10.0 Å². The lowest BCUT2D eigenvalue weighted by atomic mass is 10.3. The minimum atomic E-state index is -3.85. The second-order valence-electron chi connectivity index (χ2n) is 3.36. The van der Waals surface area contributed by atoms with E-state index in [0.717, 1.165) is 5.69 Å². The SMILES string of the molecule is CN(C)c1ccc(S(=O)(=O)NC(N)=O)cc1. The van der Waals surface area contributed by atoms with E-state index in [2.05, 4.69) is 0 Å². The number of amides is 2. The highest BCUT2D eigenvalue weighted by Gasteiger charge is 2.15. The topological polar surface area (TPSA) is 92.5 Å². The molecular formula is C9H13N3O3S. The Bertz CT molecular complexity index is 479. The third-order valence-corrected chi connectivity index (χ3v) is 3.26. The third-order valence-electron chi connectivity index (χ3n) is 1.90. The first-order valence-corrected chi connectivity index (χ1v) is 5.91. The lowest BCUT2D eigenvalue weighted by Gasteiger charge is -2.12. The quantitative estimate of drug-likeness (QED) is 0.788. The molecule has 0 spiro atoms. The zero-order valence-corrected chi connectivity index (χ0v) is 9.78. The van der Waals surface area contributed by atoms with E-state index in [4.69, 9.17) is 5.73 Å². The summed E-state index contributed by atoms with van der Waals surface area (Å²) in [7, 11) is -0.168. The number of carbonyl (C=O) groups is 1. The summed E-state index contributed by atoms with van der Waals surface area (Å²) in [6.45, 7) is 0. The molecule has 1 aromatic rings. The van der Waals surface area contributed by atoms with Gasteiger partial charge in [0.2, 0.25) is 0 Å². The van der Waals surface area contributed by atoms with Gasteiger partial charge in [-0.1, -0.05) is 0 Å². The molecule has 6 nitrogen and oxygen atoms in total. The van der Waals surface area contributed by atoms with Gasteiger partial charge in [0.25, 0.3) is 10.0 Å². The number of nitrogens with two attached hydrogens (primary N) is 1.